The normalized spacial score (nSPS) is 12.9. The Hall–Kier alpha value is -1.62. The van der Waals surface area contributed by atoms with E-state index in [2.05, 4.69) is 54.0 Å². The van der Waals surface area contributed by atoms with Gasteiger partial charge in [-0.2, -0.15) is 10.2 Å². The lowest BCUT2D eigenvalue weighted by atomic mass is 10.1. The predicted octanol–water partition coefficient (Wildman–Crippen LogP) is 2.59. The van der Waals surface area contributed by atoms with Crippen molar-refractivity contribution in [1.82, 2.24) is 24.9 Å². The highest BCUT2D eigenvalue weighted by Crippen LogP contribution is 2.20. The molecule has 2 aromatic heterocycles. The van der Waals surface area contributed by atoms with Crippen LogP contribution in [0.3, 0.4) is 0 Å². The van der Waals surface area contributed by atoms with E-state index >= 15 is 0 Å². The molecule has 0 radical (unpaired) electrons. The van der Waals surface area contributed by atoms with E-state index in [1.165, 1.54) is 17.0 Å². The van der Waals surface area contributed by atoms with E-state index in [-0.39, 0.29) is 0 Å². The third kappa shape index (κ3) is 3.53. The molecule has 0 spiro atoms. The summed E-state index contributed by atoms with van der Waals surface area (Å²) < 4.78 is 4.04. The summed E-state index contributed by atoms with van der Waals surface area (Å²) in [5.74, 6) is 0. The van der Waals surface area contributed by atoms with Crippen molar-refractivity contribution in [1.29, 1.82) is 0 Å². The van der Waals surface area contributed by atoms with Crippen LogP contribution in [0.25, 0.3) is 0 Å². The van der Waals surface area contributed by atoms with Crippen LogP contribution in [0.4, 0.5) is 0 Å². The summed E-state index contributed by atoms with van der Waals surface area (Å²) in [6, 6.07) is 2.46. The molecule has 116 valence electrons. The maximum Gasteiger partial charge on any atom is 0.0644 e. The standard InChI is InChI=1S/C16H27N5/c1-11-10-12(2)21(18-11)9-7-8-17-13(3)16-14(4)19-20(6)15(16)5/h10,13,17H,7-9H2,1-6H3. The van der Waals surface area contributed by atoms with Crippen molar-refractivity contribution < 1.29 is 0 Å². The van der Waals surface area contributed by atoms with Crippen LogP contribution >= 0.6 is 0 Å². The second-order valence-corrected chi connectivity index (χ2v) is 5.89. The lowest BCUT2D eigenvalue weighted by Crippen LogP contribution is -2.22. The van der Waals surface area contributed by atoms with Crippen LogP contribution in [0, 0.1) is 27.7 Å². The molecule has 2 rings (SSSR count). The maximum absolute atomic E-state index is 4.49. The second-order valence-electron chi connectivity index (χ2n) is 5.89. The molecule has 2 heterocycles. The van der Waals surface area contributed by atoms with Crippen LogP contribution < -0.4 is 5.32 Å². The maximum atomic E-state index is 4.49. The molecule has 1 unspecified atom stereocenters. The van der Waals surface area contributed by atoms with Crippen molar-refractivity contribution >= 4 is 0 Å². The van der Waals surface area contributed by atoms with Gasteiger partial charge < -0.3 is 5.32 Å². The fourth-order valence-electron chi connectivity index (χ4n) is 2.97. The van der Waals surface area contributed by atoms with Gasteiger partial charge in [0.2, 0.25) is 0 Å². The molecule has 1 N–H and O–H groups in total. The average molecular weight is 289 g/mol. The molecule has 0 aliphatic carbocycles. The van der Waals surface area contributed by atoms with Crippen LogP contribution in [-0.2, 0) is 13.6 Å². The number of hydrogen-bond acceptors (Lipinski definition) is 3. The Morgan fingerprint density at radius 1 is 1.19 bits per heavy atom. The Kier molecular flexibility index (Phi) is 4.83. The summed E-state index contributed by atoms with van der Waals surface area (Å²) in [5, 5.41) is 12.6. The first-order valence-electron chi connectivity index (χ1n) is 7.64. The molecule has 0 aliphatic heterocycles. The monoisotopic (exact) mass is 289 g/mol. The van der Waals surface area contributed by atoms with Gasteiger partial charge in [-0.25, -0.2) is 0 Å². The number of aryl methyl sites for hydroxylation is 5. The molecule has 21 heavy (non-hydrogen) atoms. The first-order chi connectivity index (χ1) is 9.90. The molecule has 0 amide bonds. The average Bonchev–Trinajstić information content (AvgIpc) is 2.85. The first kappa shape index (κ1) is 15.8. The minimum atomic E-state index is 0.333. The molecule has 5 nitrogen and oxygen atoms in total. The topological polar surface area (TPSA) is 47.7 Å². The SMILES string of the molecule is Cc1cc(C)n(CCCNC(C)c2c(C)nn(C)c2C)n1. The van der Waals surface area contributed by atoms with Crippen LogP contribution in [0.1, 0.15) is 47.7 Å². The molecule has 0 aromatic carbocycles. The molecule has 0 saturated heterocycles. The highest BCUT2D eigenvalue weighted by Gasteiger charge is 2.15. The van der Waals surface area contributed by atoms with Gasteiger partial charge in [0.1, 0.15) is 0 Å². The Morgan fingerprint density at radius 3 is 2.43 bits per heavy atom. The Morgan fingerprint density at radius 2 is 1.90 bits per heavy atom. The van der Waals surface area contributed by atoms with Crippen molar-refractivity contribution in [2.75, 3.05) is 6.54 Å². The summed E-state index contributed by atoms with van der Waals surface area (Å²) in [4.78, 5) is 0. The summed E-state index contributed by atoms with van der Waals surface area (Å²) in [5.41, 5.74) is 6.01. The number of rotatable bonds is 6. The fraction of sp³-hybridized carbons (Fsp3) is 0.625. The summed E-state index contributed by atoms with van der Waals surface area (Å²) in [7, 11) is 2.00. The Labute approximate surface area is 127 Å². The van der Waals surface area contributed by atoms with Gasteiger partial charge in [0.15, 0.2) is 0 Å². The smallest absolute Gasteiger partial charge is 0.0644 e. The van der Waals surface area contributed by atoms with E-state index in [4.69, 9.17) is 0 Å². The minimum Gasteiger partial charge on any atom is -0.310 e. The summed E-state index contributed by atoms with van der Waals surface area (Å²) in [6.07, 6.45) is 1.07. The minimum absolute atomic E-state index is 0.333. The lowest BCUT2D eigenvalue weighted by molar-refractivity contribution is 0.498. The summed E-state index contributed by atoms with van der Waals surface area (Å²) in [6.45, 7) is 12.5. The van der Waals surface area contributed by atoms with Gasteiger partial charge >= 0.3 is 0 Å². The number of nitrogens with zero attached hydrogens (tertiary/aromatic N) is 4. The predicted molar refractivity (Wildman–Crippen MR) is 85.4 cm³/mol. The van der Waals surface area contributed by atoms with E-state index < -0.39 is 0 Å². The zero-order valence-electron chi connectivity index (χ0n) is 14.1. The van der Waals surface area contributed by atoms with Crippen LogP contribution in [0.15, 0.2) is 6.07 Å². The second kappa shape index (κ2) is 6.43. The Balaban J connectivity index is 1.84. The largest absolute Gasteiger partial charge is 0.310 e. The zero-order chi connectivity index (χ0) is 15.6. The van der Waals surface area contributed by atoms with Gasteiger partial charge in [-0.3, -0.25) is 9.36 Å². The number of nitrogens with one attached hydrogen (secondary N) is 1. The highest BCUT2D eigenvalue weighted by atomic mass is 15.3. The zero-order valence-corrected chi connectivity index (χ0v) is 14.1. The summed E-state index contributed by atoms with van der Waals surface area (Å²) >= 11 is 0. The molecule has 0 saturated carbocycles. The van der Waals surface area contributed by atoms with Gasteiger partial charge in [0.05, 0.1) is 11.4 Å². The van der Waals surface area contributed by atoms with Gasteiger partial charge in [0, 0.05) is 36.6 Å². The van der Waals surface area contributed by atoms with Crippen molar-refractivity contribution in [2.24, 2.45) is 7.05 Å². The molecule has 1 atom stereocenters. The molecule has 0 fully saturated rings. The van der Waals surface area contributed by atoms with Gasteiger partial charge in [-0.15, -0.1) is 0 Å². The van der Waals surface area contributed by atoms with Crippen LogP contribution in [0.2, 0.25) is 0 Å². The Bertz CT molecular complexity index is 608. The van der Waals surface area contributed by atoms with E-state index in [0.29, 0.717) is 6.04 Å². The first-order valence-corrected chi connectivity index (χ1v) is 7.64. The van der Waals surface area contributed by atoms with Gasteiger partial charge in [0.25, 0.3) is 0 Å². The van der Waals surface area contributed by atoms with Gasteiger partial charge in [-0.1, -0.05) is 0 Å². The van der Waals surface area contributed by atoms with Crippen molar-refractivity contribution in [3.8, 4) is 0 Å². The molecule has 2 aromatic rings. The third-order valence-corrected chi connectivity index (χ3v) is 4.10. The van der Waals surface area contributed by atoms with Gasteiger partial charge in [-0.05, 0) is 53.7 Å². The molecule has 0 bridgehead atoms. The van der Waals surface area contributed by atoms with Crippen LogP contribution in [0.5, 0.6) is 0 Å². The highest BCUT2D eigenvalue weighted by molar-refractivity contribution is 5.27. The molecule has 0 aliphatic rings. The molecular weight excluding hydrogens is 262 g/mol. The lowest BCUT2D eigenvalue weighted by Gasteiger charge is -2.15. The van der Waals surface area contributed by atoms with E-state index in [9.17, 15) is 0 Å². The van der Waals surface area contributed by atoms with E-state index in [0.717, 1.165) is 30.9 Å². The quantitative estimate of drug-likeness (QED) is 0.832. The van der Waals surface area contributed by atoms with Crippen molar-refractivity contribution in [3.05, 3.63) is 34.4 Å². The number of hydrogen-bond donors (Lipinski definition) is 1. The molecule has 5 heteroatoms. The van der Waals surface area contributed by atoms with E-state index in [1.807, 2.05) is 18.7 Å². The third-order valence-electron chi connectivity index (χ3n) is 4.10. The fourth-order valence-corrected chi connectivity index (χ4v) is 2.97. The molecular formula is C16H27N5. The van der Waals surface area contributed by atoms with E-state index in [1.54, 1.807) is 0 Å². The van der Waals surface area contributed by atoms with Crippen LogP contribution in [-0.4, -0.2) is 26.1 Å². The number of aromatic nitrogens is 4. The van der Waals surface area contributed by atoms with Crippen molar-refractivity contribution in [2.45, 2.75) is 53.6 Å². The van der Waals surface area contributed by atoms with Crippen molar-refractivity contribution in [3.63, 3.8) is 0 Å².